The van der Waals surface area contributed by atoms with Gasteiger partial charge in [0, 0.05) is 31.7 Å². The summed E-state index contributed by atoms with van der Waals surface area (Å²) in [6.45, 7) is 4.75. The van der Waals surface area contributed by atoms with E-state index in [0.29, 0.717) is 19.6 Å². The number of nitrogens with two attached hydrogens (primary N) is 1. The largest absolute Gasteiger partial charge is 0.329 e. The molecule has 0 amide bonds. The molecule has 0 spiro atoms. The highest BCUT2D eigenvalue weighted by Gasteiger charge is 2.43. The van der Waals surface area contributed by atoms with Crippen molar-refractivity contribution in [3.63, 3.8) is 0 Å². The second-order valence-electron chi connectivity index (χ2n) is 5.48. The number of halogens is 1. The first-order chi connectivity index (χ1) is 9.96. The molecule has 8 heteroatoms. The summed E-state index contributed by atoms with van der Waals surface area (Å²) in [4.78, 5) is 0. The van der Waals surface area contributed by atoms with Crippen LogP contribution >= 0.6 is 12.4 Å². The standard InChI is InChI=1S/C14H24N4O2S.ClH/c1-11-14(12(2)17-16-11)21(19,20)18(9-8-15)10-13-6-4-3-5-7-13;/h3-7,11-12,14,16-17H,8-10,15H2,1-2H3;1H. The van der Waals surface area contributed by atoms with Gasteiger partial charge in [0.15, 0.2) is 0 Å². The molecule has 0 aliphatic carbocycles. The first-order valence-electron chi connectivity index (χ1n) is 7.21. The van der Waals surface area contributed by atoms with Crippen molar-refractivity contribution in [3.8, 4) is 0 Å². The van der Waals surface area contributed by atoms with Crippen LogP contribution in [0.5, 0.6) is 0 Å². The molecule has 22 heavy (non-hydrogen) atoms. The molecule has 1 heterocycles. The minimum atomic E-state index is -3.43. The Bertz CT molecular complexity index is 545. The zero-order valence-electron chi connectivity index (χ0n) is 12.9. The fourth-order valence-corrected chi connectivity index (χ4v) is 4.98. The minimum Gasteiger partial charge on any atom is -0.329 e. The minimum absolute atomic E-state index is 0. The van der Waals surface area contributed by atoms with E-state index in [1.807, 2.05) is 44.2 Å². The summed E-state index contributed by atoms with van der Waals surface area (Å²) in [5.74, 6) is 0. The molecule has 1 aliphatic heterocycles. The van der Waals surface area contributed by atoms with Crippen molar-refractivity contribution in [3.05, 3.63) is 35.9 Å². The molecule has 126 valence electrons. The normalized spacial score (nSPS) is 25.2. The van der Waals surface area contributed by atoms with E-state index in [2.05, 4.69) is 10.9 Å². The quantitative estimate of drug-likeness (QED) is 0.695. The van der Waals surface area contributed by atoms with Crippen molar-refractivity contribution < 1.29 is 8.42 Å². The SMILES string of the molecule is CC1NNC(C)C1S(=O)(=O)N(CCN)Cc1ccccc1.Cl. The number of nitrogens with zero attached hydrogens (tertiary/aromatic N) is 1. The molecule has 2 rings (SSSR count). The molecule has 0 radical (unpaired) electrons. The van der Waals surface area contributed by atoms with Crippen molar-refractivity contribution in [2.24, 2.45) is 5.73 Å². The number of hydrazine groups is 1. The summed E-state index contributed by atoms with van der Waals surface area (Å²) < 4.78 is 27.4. The lowest BCUT2D eigenvalue weighted by Crippen LogP contribution is -2.48. The van der Waals surface area contributed by atoms with Gasteiger partial charge in [-0.15, -0.1) is 12.4 Å². The van der Waals surface area contributed by atoms with Crippen molar-refractivity contribution in [2.75, 3.05) is 13.1 Å². The third kappa shape index (κ3) is 4.18. The predicted molar refractivity (Wildman–Crippen MR) is 91.1 cm³/mol. The second-order valence-corrected chi connectivity index (χ2v) is 7.57. The Morgan fingerprint density at radius 2 is 1.68 bits per heavy atom. The van der Waals surface area contributed by atoms with Gasteiger partial charge in [-0.2, -0.15) is 4.31 Å². The van der Waals surface area contributed by atoms with Crippen LogP contribution in [0.4, 0.5) is 0 Å². The van der Waals surface area contributed by atoms with E-state index in [4.69, 9.17) is 5.73 Å². The molecule has 2 atom stereocenters. The topological polar surface area (TPSA) is 87.5 Å². The average molecular weight is 349 g/mol. The van der Waals surface area contributed by atoms with Gasteiger partial charge in [0.25, 0.3) is 0 Å². The Morgan fingerprint density at radius 1 is 1.14 bits per heavy atom. The Morgan fingerprint density at radius 3 is 2.18 bits per heavy atom. The lowest BCUT2D eigenvalue weighted by Gasteiger charge is -2.28. The highest BCUT2D eigenvalue weighted by molar-refractivity contribution is 7.89. The van der Waals surface area contributed by atoms with Crippen LogP contribution in [0.1, 0.15) is 19.4 Å². The monoisotopic (exact) mass is 348 g/mol. The summed E-state index contributed by atoms with van der Waals surface area (Å²) in [6, 6.07) is 9.31. The van der Waals surface area contributed by atoms with E-state index in [1.54, 1.807) is 0 Å². The molecule has 4 N–H and O–H groups in total. The number of sulfonamides is 1. The van der Waals surface area contributed by atoms with E-state index in [9.17, 15) is 8.42 Å². The number of hydrogen-bond acceptors (Lipinski definition) is 5. The molecule has 1 aromatic carbocycles. The Kier molecular flexibility index (Phi) is 7.24. The van der Waals surface area contributed by atoms with Gasteiger partial charge in [-0.1, -0.05) is 30.3 Å². The van der Waals surface area contributed by atoms with Crippen LogP contribution in [0.15, 0.2) is 30.3 Å². The van der Waals surface area contributed by atoms with E-state index < -0.39 is 15.3 Å². The first-order valence-corrected chi connectivity index (χ1v) is 8.71. The molecule has 1 fully saturated rings. The molecule has 0 aromatic heterocycles. The summed E-state index contributed by atoms with van der Waals surface area (Å²) in [5.41, 5.74) is 12.6. The van der Waals surface area contributed by atoms with Gasteiger partial charge in [-0.25, -0.2) is 8.42 Å². The third-order valence-corrected chi connectivity index (χ3v) is 6.34. The van der Waals surface area contributed by atoms with Gasteiger partial charge in [0.05, 0.1) is 0 Å². The van der Waals surface area contributed by atoms with Crippen LogP contribution < -0.4 is 16.6 Å². The van der Waals surface area contributed by atoms with Gasteiger partial charge < -0.3 is 5.73 Å². The molecule has 0 saturated carbocycles. The average Bonchev–Trinajstić information content (AvgIpc) is 2.79. The van der Waals surface area contributed by atoms with Crippen LogP contribution in [0.3, 0.4) is 0 Å². The highest BCUT2D eigenvalue weighted by Crippen LogP contribution is 2.21. The van der Waals surface area contributed by atoms with Gasteiger partial charge in [-0.05, 0) is 19.4 Å². The zero-order chi connectivity index (χ0) is 15.5. The maximum Gasteiger partial charge on any atom is 0.220 e. The molecule has 1 aliphatic rings. The predicted octanol–water partition coefficient (Wildman–Crippen LogP) is 0.452. The lowest BCUT2D eigenvalue weighted by atomic mass is 10.2. The Labute approximate surface area is 138 Å². The van der Waals surface area contributed by atoms with Crippen LogP contribution in [-0.2, 0) is 16.6 Å². The Hall–Kier alpha value is -0.700. The molecule has 6 nitrogen and oxygen atoms in total. The molecule has 2 unspecified atom stereocenters. The maximum absolute atomic E-state index is 12.9. The van der Waals surface area contributed by atoms with E-state index in [0.717, 1.165) is 5.56 Å². The van der Waals surface area contributed by atoms with E-state index >= 15 is 0 Å². The van der Waals surface area contributed by atoms with Gasteiger partial charge in [0.2, 0.25) is 10.0 Å². The number of nitrogens with one attached hydrogen (secondary N) is 2. The summed E-state index contributed by atoms with van der Waals surface area (Å²) in [5, 5.41) is -0.493. The number of hydrogen-bond donors (Lipinski definition) is 3. The van der Waals surface area contributed by atoms with Gasteiger partial charge in [0.1, 0.15) is 5.25 Å². The van der Waals surface area contributed by atoms with Crippen LogP contribution in [0.25, 0.3) is 0 Å². The zero-order valence-corrected chi connectivity index (χ0v) is 14.5. The smallest absolute Gasteiger partial charge is 0.220 e. The van der Waals surface area contributed by atoms with Crippen molar-refractivity contribution >= 4 is 22.4 Å². The fraction of sp³-hybridized carbons (Fsp3) is 0.571. The van der Waals surface area contributed by atoms with Crippen LogP contribution in [0.2, 0.25) is 0 Å². The highest BCUT2D eigenvalue weighted by atomic mass is 35.5. The summed E-state index contributed by atoms with van der Waals surface area (Å²) in [7, 11) is -3.43. The van der Waals surface area contributed by atoms with E-state index in [1.165, 1.54) is 4.31 Å². The van der Waals surface area contributed by atoms with Crippen molar-refractivity contribution in [2.45, 2.75) is 37.7 Å². The fourth-order valence-electron chi connectivity index (χ4n) is 2.78. The van der Waals surface area contributed by atoms with Crippen LogP contribution in [0, 0.1) is 0 Å². The third-order valence-electron chi connectivity index (χ3n) is 3.81. The molecule has 0 bridgehead atoms. The second kappa shape index (κ2) is 8.24. The number of benzene rings is 1. The van der Waals surface area contributed by atoms with Gasteiger partial charge >= 0.3 is 0 Å². The van der Waals surface area contributed by atoms with E-state index in [-0.39, 0.29) is 24.5 Å². The summed E-state index contributed by atoms with van der Waals surface area (Å²) in [6.07, 6.45) is 0. The summed E-state index contributed by atoms with van der Waals surface area (Å²) >= 11 is 0. The van der Waals surface area contributed by atoms with Gasteiger partial charge in [-0.3, -0.25) is 10.9 Å². The molecule has 1 saturated heterocycles. The molecule has 1 aromatic rings. The first kappa shape index (κ1) is 19.3. The van der Waals surface area contributed by atoms with Crippen molar-refractivity contribution in [1.29, 1.82) is 0 Å². The molecular weight excluding hydrogens is 324 g/mol. The Balaban J connectivity index is 0.00000242. The van der Waals surface area contributed by atoms with Crippen molar-refractivity contribution in [1.82, 2.24) is 15.2 Å². The molecular formula is C14H25ClN4O2S. The number of rotatable bonds is 6. The lowest BCUT2D eigenvalue weighted by molar-refractivity contribution is 0.400. The van der Waals surface area contributed by atoms with Crippen LogP contribution in [-0.4, -0.2) is 43.1 Å². The maximum atomic E-state index is 12.9.